The number of nitrogens with one attached hydrogen (secondary N) is 1. The molecular formula is C18H18ClN3O5S2. The number of sulfonamides is 1. The smallest absolute Gasteiger partial charge is 0.271 e. The molecule has 0 atom stereocenters. The monoisotopic (exact) mass is 455 g/mol. The molecule has 8 nitrogen and oxygen atoms in total. The first-order valence-electron chi connectivity index (χ1n) is 8.79. The predicted molar refractivity (Wildman–Crippen MR) is 110 cm³/mol. The van der Waals surface area contributed by atoms with Crippen molar-refractivity contribution in [3.8, 4) is 22.3 Å². The molecule has 1 N–H and O–H groups in total. The van der Waals surface area contributed by atoms with Crippen LogP contribution in [0.5, 0.6) is 11.5 Å². The van der Waals surface area contributed by atoms with Crippen LogP contribution < -0.4 is 14.2 Å². The summed E-state index contributed by atoms with van der Waals surface area (Å²) in [5.41, 5.74) is 0.207. The summed E-state index contributed by atoms with van der Waals surface area (Å²) < 4.78 is 44.4. The van der Waals surface area contributed by atoms with E-state index in [4.69, 9.17) is 25.5 Å². The van der Waals surface area contributed by atoms with E-state index < -0.39 is 10.0 Å². The second-order valence-corrected chi connectivity index (χ2v) is 9.88. The molecule has 0 radical (unpaired) electrons. The third-order valence-corrected chi connectivity index (χ3v) is 7.90. The molecule has 0 unspecified atom stereocenters. The number of halogens is 1. The van der Waals surface area contributed by atoms with Crippen molar-refractivity contribution in [3.63, 3.8) is 0 Å². The Kier molecular flexibility index (Phi) is 5.41. The highest BCUT2D eigenvalue weighted by Gasteiger charge is 2.26. The Morgan fingerprint density at radius 2 is 1.93 bits per heavy atom. The normalized spacial score (nSPS) is 14.4. The molecule has 11 heteroatoms. The summed E-state index contributed by atoms with van der Waals surface area (Å²) in [5, 5.41) is 8.40. The standard InChI is InChI=1S/C18H18ClN3O5S2/c1-25-13-9-14(26-2)12(8-11(13)19)22-29(23,24)16-7-6-15(28-16)18-21-20-17(27-18)10-4-3-5-10/h6-10,22H,3-5H2,1-2H3. The van der Waals surface area contributed by atoms with Crippen LogP contribution in [0.15, 0.2) is 32.9 Å². The second kappa shape index (κ2) is 7.85. The van der Waals surface area contributed by atoms with Crippen LogP contribution in [0.25, 0.3) is 10.8 Å². The number of ether oxygens (including phenoxy) is 2. The Balaban J connectivity index is 1.59. The number of aromatic nitrogens is 2. The van der Waals surface area contributed by atoms with Gasteiger partial charge in [-0.3, -0.25) is 4.72 Å². The van der Waals surface area contributed by atoms with Gasteiger partial charge in [-0.2, -0.15) is 0 Å². The van der Waals surface area contributed by atoms with Crippen LogP contribution in [-0.4, -0.2) is 32.8 Å². The van der Waals surface area contributed by atoms with E-state index in [1.54, 1.807) is 6.07 Å². The van der Waals surface area contributed by atoms with Crippen molar-refractivity contribution in [2.75, 3.05) is 18.9 Å². The Labute approximate surface area is 176 Å². The maximum atomic E-state index is 12.9. The van der Waals surface area contributed by atoms with Crippen molar-refractivity contribution in [3.05, 3.63) is 35.2 Å². The van der Waals surface area contributed by atoms with E-state index >= 15 is 0 Å². The van der Waals surface area contributed by atoms with Gasteiger partial charge in [0.05, 0.1) is 29.8 Å². The molecule has 3 aromatic rings. The van der Waals surface area contributed by atoms with Crippen LogP contribution in [0.3, 0.4) is 0 Å². The SMILES string of the molecule is COc1cc(OC)c(NS(=O)(=O)c2ccc(-c3nnc(C4CCC4)o3)s2)cc1Cl. The summed E-state index contributed by atoms with van der Waals surface area (Å²) in [5.74, 6) is 1.91. The van der Waals surface area contributed by atoms with E-state index in [1.807, 2.05) is 0 Å². The van der Waals surface area contributed by atoms with Crippen LogP contribution in [-0.2, 0) is 10.0 Å². The number of thiophene rings is 1. The average molecular weight is 456 g/mol. The number of hydrogen-bond acceptors (Lipinski definition) is 8. The molecule has 2 heterocycles. The second-order valence-electron chi connectivity index (χ2n) is 6.48. The molecule has 1 fully saturated rings. The molecule has 4 rings (SSSR count). The minimum atomic E-state index is -3.87. The maximum absolute atomic E-state index is 12.9. The Bertz CT molecular complexity index is 1140. The highest BCUT2D eigenvalue weighted by molar-refractivity contribution is 7.94. The van der Waals surface area contributed by atoms with E-state index in [-0.39, 0.29) is 20.7 Å². The van der Waals surface area contributed by atoms with E-state index in [9.17, 15) is 8.42 Å². The molecule has 0 amide bonds. The van der Waals surface area contributed by atoms with Gasteiger partial charge in [-0.15, -0.1) is 21.5 Å². The molecule has 1 aromatic carbocycles. The van der Waals surface area contributed by atoms with Gasteiger partial charge >= 0.3 is 0 Å². The highest BCUT2D eigenvalue weighted by atomic mass is 35.5. The van der Waals surface area contributed by atoms with Crippen LogP contribution in [0, 0.1) is 0 Å². The molecule has 0 spiro atoms. The Morgan fingerprint density at radius 1 is 1.17 bits per heavy atom. The minimum absolute atomic E-state index is 0.102. The van der Waals surface area contributed by atoms with E-state index in [1.165, 1.54) is 32.4 Å². The van der Waals surface area contributed by atoms with Crippen LogP contribution in [0.1, 0.15) is 31.1 Å². The molecule has 154 valence electrons. The fraction of sp³-hybridized carbons (Fsp3) is 0.333. The average Bonchev–Trinajstić information content (AvgIpc) is 3.30. The van der Waals surface area contributed by atoms with Gasteiger partial charge in [0.1, 0.15) is 15.7 Å². The van der Waals surface area contributed by atoms with Gasteiger partial charge in [0.2, 0.25) is 5.89 Å². The molecule has 0 bridgehead atoms. The van der Waals surface area contributed by atoms with Crippen molar-refractivity contribution in [1.29, 1.82) is 0 Å². The van der Waals surface area contributed by atoms with Crippen molar-refractivity contribution in [2.24, 2.45) is 0 Å². The summed E-state index contributed by atoms with van der Waals surface area (Å²) in [6.45, 7) is 0. The zero-order chi connectivity index (χ0) is 20.6. The topological polar surface area (TPSA) is 104 Å². The molecule has 1 aliphatic carbocycles. The van der Waals surface area contributed by atoms with Gasteiger partial charge < -0.3 is 13.9 Å². The summed E-state index contributed by atoms with van der Waals surface area (Å²) in [6.07, 6.45) is 3.25. The fourth-order valence-electron chi connectivity index (χ4n) is 2.87. The lowest BCUT2D eigenvalue weighted by Gasteiger charge is -2.20. The van der Waals surface area contributed by atoms with Gasteiger partial charge in [0.15, 0.2) is 0 Å². The highest BCUT2D eigenvalue weighted by Crippen LogP contribution is 2.39. The van der Waals surface area contributed by atoms with E-state index in [0.29, 0.717) is 28.3 Å². The first-order chi connectivity index (χ1) is 13.9. The summed E-state index contributed by atoms with van der Waals surface area (Å²) in [6, 6.07) is 6.09. The van der Waals surface area contributed by atoms with Gasteiger partial charge in [-0.05, 0) is 31.0 Å². The van der Waals surface area contributed by atoms with Gasteiger partial charge in [0, 0.05) is 12.0 Å². The number of hydrogen-bond donors (Lipinski definition) is 1. The third kappa shape index (κ3) is 3.92. The number of benzene rings is 1. The van der Waals surface area contributed by atoms with Gasteiger partial charge in [-0.1, -0.05) is 18.0 Å². The molecular weight excluding hydrogens is 438 g/mol. The number of methoxy groups -OCH3 is 2. The van der Waals surface area contributed by atoms with Crippen LogP contribution in [0.2, 0.25) is 5.02 Å². The van der Waals surface area contributed by atoms with Crippen molar-refractivity contribution in [2.45, 2.75) is 29.4 Å². The van der Waals surface area contributed by atoms with E-state index in [2.05, 4.69) is 14.9 Å². The van der Waals surface area contributed by atoms with Crippen molar-refractivity contribution in [1.82, 2.24) is 10.2 Å². The van der Waals surface area contributed by atoms with Crippen LogP contribution in [0.4, 0.5) is 5.69 Å². The maximum Gasteiger partial charge on any atom is 0.271 e. The minimum Gasteiger partial charge on any atom is -0.495 e. The van der Waals surface area contributed by atoms with E-state index in [0.717, 1.165) is 30.6 Å². The first kappa shape index (κ1) is 20.0. The lowest BCUT2D eigenvalue weighted by molar-refractivity contribution is 0.338. The fourth-order valence-corrected chi connectivity index (χ4v) is 5.40. The number of nitrogens with zero attached hydrogens (tertiary/aromatic N) is 2. The summed E-state index contributed by atoms with van der Waals surface area (Å²) in [7, 11) is -0.980. The molecule has 29 heavy (non-hydrogen) atoms. The quantitative estimate of drug-likeness (QED) is 0.557. The molecule has 1 saturated carbocycles. The van der Waals surface area contributed by atoms with Crippen LogP contribution >= 0.6 is 22.9 Å². The first-order valence-corrected chi connectivity index (χ1v) is 11.5. The zero-order valence-electron chi connectivity index (χ0n) is 15.6. The van der Waals surface area contributed by atoms with Crippen molar-refractivity contribution >= 4 is 38.6 Å². The Morgan fingerprint density at radius 3 is 2.59 bits per heavy atom. The van der Waals surface area contributed by atoms with Gasteiger partial charge in [0.25, 0.3) is 15.9 Å². The number of rotatable bonds is 7. The number of anilines is 1. The molecule has 0 aliphatic heterocycles. The molecule has 0 saturated heterocycles. The zero-order valence-corrected chi connectivity index (χ0v) is 18.0. The lowest BCUT2D eigenvalue weighted by Crippen LogP contribution is -2.12. The molecule has 2 aromatic heterocycles. The molecule has 1 aliphatic rings. The third-order valence-electron chi connectivity index (χ3n) is 4.67. The summed E-state index contributed by atoms with van der Waals surface area (Å²) >= 11 is 7.16. The lowest BCUT2D eigenvalue weighted by atomic mass is 9.85. The summed E-state index contributed by atoms with van der Waals surface area (Å²) in [4.78, 5) is 0.586. The van der Waals surface area contributed by atoms with Gasteiger partial charge in [-0.25, -0.2) is 8.42 Å². The predicted octanol–water partition coefficient (Wildman–Crippen LogP) is 4.54. The Hall–Kier alpha value is -2.30. The van der Waals surface area contributed by atoms with Crippen molar-refractivity contribution < 1.29 is 22.3 Å². The largest absolute Gasteiger partial charge is 0.495 e.